The third-order valence-electron chi connectivity index (χ3n) is 0.418. The van der Waals surface area contributed by atoms with Gasteiger partial charge in [0.1, 0.15) is 0 Å². The number of hydrogen-bond donors (Lipinski definition) is 1. The first-order valence-electron chi connectivity index (χ1n) is 2.04. The van der Waals surface area contributed by atoms with Crippen LogP contribution in [0, 0.1) is 0 Å². The number of ether oxygens (including phenoxy) is 1. The maximum Gasteiger partial charge on any atom is 0.303 e. The zero-order valence-corrected chi connectivity index (χ0v) is 4.51. The van der Waals surface area contributed by atoms with Crippen LogP contribution >= 0.6 is 0 Å². The summed E-state index contributed by atoms with van der Waals surface area (Å²) in [5.74, 6) is -1.14. The quantitative estimate of drug-likeness (QED) is 0.473. The molecule has 0 rings (SSSR count). The lowest BCUT2D eigenvalue weighted by Gasteiger charge is -1.93. The minimum atomic E-state index is -0.639. The highest BCUT2D eigenvalue weighted by molar-refractivity contribution is 5.78. The molecular formula is C4H7NO3. The molecule has 0 heterocycles. The lowest BCUT2D eigenvalue weighted by Crippen LogP contribution is -2.19. The van der Waals surface area contributed by atoms with E-state index in [2.05, 4.69) is 10.5 Å². The van der Waals surface area contributed by atoms with Gasteiger partial charge in [-0.2, -0.15) is 0 Å². The third kappa shape index (κ3) is 4.94. The molecule has 0 aliphatic heterocycles. The number of primary amides is 1. The van der Waals surface area contributed by atoms with E-state index in [1.807, 2.05) is 0 Å². The Morgan fingerprint density at radius 2 is 2.12 bits per heavy atom. The van der Waals surface area contributed by atoms with Gasteiger partial charge in [0, 0.05) is 6.92 Å². The highest BCUT2D eigenvalue weighted by atomic mass is 16.5. The molecule has 0 atom stereocenters. The fourth-order valence-corrected chi connectivity index (χ4v) is 0.173. The average Bonchev–Trinajstić information content (AvgIpc) is 1.61. The molecule has 0 unspecified atom stereocenters. The Morgan fingerprint density at radius 3 is 2.25 bits per heavy atom. The number of hydrogen-bond acceptors (Lipinski definition) is 3. The second-order valence-electron chi connectivity index (χ2n) is 1.25. The summed E-state index contributed by atoms with van der Waals surface area (Å²) >= 11 is 0. The summed E-state index contributed by atoms with van der Waals surface area (Å²) in [5, 5.41) is 0. The Kier molecular flexibility index (Phi) is 2.61. The van der Waals surface area contributed by atoms with Crippen LogP contribution in [-0.2, 0) is 14.3 Å². The molecule has 8 heavy (non-hydrogen) atoms. The SMILES string of the molecule is CC(=O)OCC(N)=O. The summed E-state index contributed by atoms with van der Waals surface area (Å²) in [4.78, 5) is 19.8. The molecule has 0 radical (unpaired) electrons. The van der Waals surface area contributed by atoms with Crippen molar-refractivity contribution in [1.29, 1.82) is 0 Å². The second kappa shape index (κ2) is 3.01. The number of rotatable bonds is 2. The lowest BCUT2D eigenvalue weighted by molar-refractivity contribution is -0.145. The molecule has 0 aromatic heterocycles. The molecule has 0 saturated carbocycles. The van der Waals surface area contributed by atoms with E-state index in [1.165, 1.54) is 6.92 Å². The molecule has 0 aliphatic rings. The second-order valence-corrected chi connectivity index (χ2v) is 1.25. The van der Waals surface area contributed by atoms with Gasteiger partial charge in [-0.25, -0.2) is 0 Å². The van der Waals surface area contributed by atoms with E-state index in [9.17, 15) is 9.59 Å². The van der Waals surface area contributed by atoms with E-state index in [1.54, 1.807) is 0 Å². The summed E-state index contributed by atoms with van der Waals surface area (Å²) in [6.07, 6.45) is 0. The Hall–Kier alpha value is -1.06. The van der Waals surface area contributed by atoms with Crippen molar-refractivity contribution in [3.63, 3.8) is 0 Å². The summed E-state index contributed by atoms with van der Waals surface area (Å²) in [7, 11) is 0. The molecule has 1 amide bonds. The van der Waals surface area contributed by atoms with Gasteiger partial charge in [-0.1, -0.05) is 0 Å². The van der Waals surface area contributed by atoms with E-state index >= 15 is 0 Å². The van der Waals surface area contributed by atoms with Crippen molar-refractivity contribution in [2.75, 3.05) is 6.61 Å². The molecule has 0 saturated heterocycles. The highest BCUT2D eigenvalue weighted by Crippen LogP contribution is 1.71. The number of carbonyl (C=O) groups is 2. The van der Waals surface area contributed by atoms with E-state index in [0.29, 0.717) is 0 Å². The fraction of sp³-hybridized carbons (Fsp3) is 0.500. The summed E-state index contributed by atoms with van der Waals surface area (Å²) in [6.45, 7) is 0.887. The first-order valence-corrected chi connectivity index (χ1v) is 2.04. The Labute approximate surface area is 46.6 Å². The third-order valence-corrected chi connectivity index (χ3v) is 0.418. The van der Waals surface area contributed by atoms with Crippen LogP contribution in [0.25, 0.3) is 0 Å². The fourth-order valence-electron chi connectivity index (χ4n) is 0.173. The maximum absolute atomic E-state index is 9.92. The molecule has 0 aromatic rings. The smallest absolute Gasteiger partial charge is 0.303 e. The Morgan fingerprint density at radius 1 is 1.62 bits per heavy atom. The van der Waals surface area contributed by atoms with Crippen molar-refractivity contribution in [1.82, 2.24) is 0 Å². The zero-order chi connectivity index (χ0) is 6.57. The Bertz CT molecular complexity index is 95.9. The first-order chi connectivity index (χ1) is 3.63. The number of esters is 1. The highest BCUT2D eigenvalue weighted by Gasteiger charge is 1.94. The van der Waals surface area contributed by atoms with Crippen molar-refractivity contribution in [2.24, 2.45) is 5.73 Å². The predicted octanol–water partition coefficient (Wildman–Crippen LogP) is -0.965. The van der Waals surface area contributed by atoms with E-state index in [0.717, 1.165) is 0 Å². The molecular weight excluding hydrogens is 110 g/mol. The van der Waals surface area contributed by atoms with Crippen molar-refractivity contribution in [3.05, 3.63) is 0 Å². The summed E-state index contributed by atoms with van der Waals surface area (Å²) < 4.78 is 4.19. The number of nitrogens with two attached hydrogens (primary N) is 1. The van der Waals surface area contributed by atoms with Crippen LogP contribution in [0.1, 0.15) is 6.92 Å². The van der Waals surface area contributed by atoms with Crippen LogP contribution < -0.4 is 5.73 Å². The van der Waals surface area contributed by atoms with Crippen LogP contribution in [0.5, 0.6) is 0 Å². The number of amides is 1. The zero-order valence-electron chi connectivity index (χ0n) is 4.51. The van der Waals surface area contributed by atoms with Gasteiger partial charge in [0.25, 0.3) is 5.91 Å². The van der Waals surface area contributed by atoms with E-state index in [4.69, 9.17) is 0 Å². The van der Waals surface area contributed by atoms with Crippen LogP contribution in [0.15, 0.2) is 0 Å². The van der Waals surface area contributed by atoms with Gasteiger partial charge in [0.2, 0.25) is 0 Å². The topological polar surface area (TPSA) is 69.4 Å². The normalized spacial score (nSPS) is 8.12. The van der Waals surface area contributed by atoms with Crippen molar-refractivity contribution < 1.29 is 14.3 Å². The van der Waals surface area contributed by atoms with Gasteiger partial charge in [-0.15, -0.1) is 0 Å². The molecule has 0 aliphatic carbocycles. The molecule has 0 spiro atoms. The molecule has 4 heteroatoms. The minimum Gasteiger partial charge on any atom is -0.456 e. The Balaban J connectivity index is 3.18. The lowest BCUT2D eigenvalue weighted by atomic mass is 10.7. The van der Waals surface area contributed by atoms with Crippen molar-refractivity contribution in [2.45, 2.75) is 6.92 Å². The molecule has 2 N–H and O–H groups in total. The molecule has 0 bridgehead atoms. The van der Waals surface area contributed by atoms with Gasteiger partial charge < -0.3 is 10.5 Å². The summed E-state index contributed by atoms with van der Waals surface area (Å²) in [5.41, 5.74) is 4.62. The van der Waals surface area contributed by atoms with Crippen LogP contribution in [0.3, 0.4) is 0 Å². The van der Waals surface area contributed by atoms with E-state index in [-0.39, 0.29) is 6.61 Å². The van der Waals surface area contributed by atoms with Gasteiger partial charge in [0.05, 0.1) is 0 Å². The van der Waals surface area contributed by atoms with Gasteiger partial charge >= 0.3 is 5.97 Å². The first kappa shape index (κ1) is 6.94. The predicted molar refractivity (Wildman–Crippen MR) is 25.8 cm³/mol. The molecule has 4 nitrogen and oxygen atoms in total. The van der Waals surface area contributed by atoms with Crippen LogP contribution in [0.4, 0.5) is 0 Å². The van der Waals surface area contributed by atoms with Gasteiger partial charge in [0.15, 0.2) is 6.61 Å². The van der Waals surface area contributed by atoms with E-state index < -0.39 is 11.9 Å². The molecule has 46 valence electrons. The maximum atomic E-state index is 9.92. The molecule has 0 fully saturated rings. The van der Waals surface area contributed by atoms with Crippen LogP contribution in [0.2, 0.25) is 0 Å². The van der Waals surface area contributed by atoms with Crippen molar-refractivity contribution in [3.8, 4) is 0 Å². The summed E-state index contributed by atoms with van der Waals surface area (Å²) in [6, 6.07) is 0. The monoisotopic (exact) mass is 117 g/mol. The number of carbonyl (C=O) groups excluding carboxylic acids is 2. The minimum absolute atomic E-state index is 0.324. The largest absolute Gasteiger partial charge is 0.456 e. The van der Waals surface area contributed by atoms with Crippen molar-refractivity contribution >= 4 is 11.9 Å². The van der Waals surface area contributed by atoms with Crippen LogP contribution in [-0.4, -0.2) is 18.5 Å². The van der Waals surface area contributed by atoms with Gasteiger partial charge in [-0.3, -0.25) is 9.59 Å². The average molecular weight is 117 g/mol. The standard InChI is InChI=1S/C4H7NO3/c1-3(6)8-2-4(5)7/h2H2,1H3,(H2,5,7). The molecule has 0 aromatic carbocycles. The van der Waals surface area contributed by atoms with Gasteiger partial charge in [-0.05, 0) is 0 Å².